The van der Waals surface area contributed by atoms with Crippen molar-refractivity contribution in [3.05, 3.63) is 48.8 Å². The van der Waals surface area contributed by atoms with Gasteiger partial charge in [0.2, 0.25) is 11.8 Å². The normalized spacial score (nSPS) is 9.80. The van der Waals surface area contributed by atoms with Gasteiger partial charge in [0.1, 0.15) is 0 Å². The number of rotatable bonds is 5. The van der Waals surface area contributed by atoms with E-state index in [1.54, 1.807) is 36.4 Å². The second kappa shape index (κ2) is 6.98. The van der Waals surface area contributed by atoms with Crippen LogP contribution in [0.15, 0.2) is 48.8 Å². The van der Waals surface area contributed by atoms with Crippen LogP contribution in [0.4, 0.5) is 0 Å². The van der Waals surface area contributed by atoms with Crippen molar-refractivity contribution in [2.45, 2.75) is 12.8 Å². The lowest BCUT2D eigenvalue weighted by atomic mass is 10.3. The molecule has 0 N–H and O–H groups in total. The minimum atomic E-state index is -0.540. The van der Waals surface area contributed by atoms with Crippen LogP contribution >= 0.6 is 0 Å². The number of carbonyl (C=O) groups excluding carboxylic acids is 2. The molecule has 0 radical (unpaired) electrons. The number of ether oxygens (including phenoxy) is 2. The molecule has 0 aliphatic heterocycles. The van der Waals surface area contributed by atoms with Crippen molar-refractivity contribution in [2.24, 2.45) is 0 Å². The number of aromatic nitrogens is 2. The summed E-state index contributed by atoms with van der Waals surface area (Å²) >= 11 is 0. The van der Waals surface area contributed by atoms with Gasteiger partial charge in [0.05, 0.1) is 12.8 Å². The molecule has 2 heterocycles. The lowest BCUT2D eigenvalue weighted by Crippen LogP contribution is -2.14. The van der Waals surface area contributed by atoms with E-state index < -0.39 is 11.9 Å². The smallest absolute Gasteiger partial charge is 0.313 e. The first-order valence-electron chi connectivity index (χ1n) is 5.97. The van der Waals surface area contributed by atoms with Gasteiger partial charge in [-0.1, -0.05) is 12.1 Å². The lowest BCUT2D eigenvalue weighted by Gasteiger charge is -2.03. The van der Waals surface area contributed by atoms with Gasteiger partial charge < -0.3 is 9.47 Å². The highest BCUT2D eigenvalue weighted by molar-refractivity contribution is 5.79. The van der Waals surface area contributed by atoms with Gasteiger partial charge in [-0.2, -0.15) is 0 Å². The Labute approximate surface area is 115 Å². The SMILES string of the molecule is O=C(CCC(=O)Oc1ccccn1)Oc1ccccn1. The van der Waals surface area contributed by atoms with Gasteiger partial charge in [0.25, 0.3) is 0 Å². The van der Waals surface area contributed by atoms with E-state index in [2.05, 4.69) is 9.97 Å². The van der Waals surface area contributed by atoms with Crippen LogP contribution in [0.25, 0.3) is 0 Å². The predicted molar refractivity (Wildman–Crippen MR) is 69.0 cm³/mol. The fraction of sp³-hybridized carbons (Fsp3) is 0.143. The van der Waals surface area contributed by atoms with Crippen LogP contribution < -0.4 is 9.47 Å². The fourth-order valence-corrected chi connectivity index (χ4v) is 1.35. The first kappa shape index (κ1) is 13.7. The molecule has 0 saturated carbocycles. The summed E-state index contributed by atoms with van der Waals surface area (Å²) in [6.45, 7) is 0. The molecule has 0 spiro atoms. The highest BCUT2D eigenvalue weighted by Gasteiger charge is 2.11. The van der Waals surface area contributed by atoms with Crippen LogP contribution in [0.3, 0.4) is 0 Å². The van der Waals surface area contributed by atoms with Crippen molar-refractivity contribution in [1.82, 2.24) is 9.97 Å². The van der Waals surface area contributed by atoms with Crippen LogP contribution in [0, 0.1) is 0 Å². The monoisotopic (exact) mass is 272 g/mol. The molecule has 6 nitrogen and oxygen atoms in total. The van der Waals surface area contributed by atoms with Gasteiger partial charge in [0, 0.05) is 24.5 Å². The second-order valence-corrected chi connectivity index (χ2v) is 3.78. The van der Waals surface area contributed by atoms with Crippen molar-refractivity contribution < 1.29 is 19.1 Å². The van der Waals surface area contributed by atoms with E-state index in [0.29, 0.717) is 0 Å². The van der Waals surface area contributed by atoms with Crippen LogP contribution in [0.1, 0.15) is 12.8 Å². The molecular weight excluding hydrogens is 260 g/mol. The van der Waals surface area contributed by atoms with Crippen molar-refractivity contribution in [3.8, 4) is 11.8 Å². The Bertz CT molecular complexity index is 519. The topological polar surface area (TPSA) is 78.4 Å². The van der Waals surface area contributed by atoms with Gasteiger partial charge >= 0.3 is 11.9 Å². The molecule has 2 rings (SSSR count). The van der Waals surface area contributed by atoms with Gasteiger partial charge in [-0.15, -0.1) is 0 Å². The molecule has 2 aromatic heterocycles. The van der Waals surface area contributed by atoms with Gasteiger partial charge in [-0.25, -0.2) is 9.97 Å². The maximum atomic E-state index is 11.5. The van der Waals surface area contributed by atoms with Crippen LogP contribution in [-0.2, 0) is 9.59 Å². The third kappa shape index (κ3) is 4.49. The summed E-state index contributed by atoms with van der Waals surface area (Å²) in [5.41, 5.74) is 0. The van der Waals surface area contributed by atoms with Crippen molar-refractivity contribution in [1.29, 1.82) is 0 Å². The largest absolute Gasteiger partial charge is 0.407 e. The van der Waals surface area contributed by atoms with Crippen molar-refractivity contribution >= 4 is 11.9 Å². The van der Waals surface area contributed by atoms with Gasteiger partial charge in [-0.05, 0) is 12.1 Å². The van der Waals surface area contributed by atoms with Crippen LogP contribution in [0.2, 0.25) is 0 Å². The van der Waals surface area contributed by atoms with E-state index in [9.17, 15) is 9.59 Å². The molecule has 0 saturated heterocycles. The Morgan fingerprint density at radius 2 is 1.25 bits per heavy atom. The van der Waals surface area contributed by atoms with Crippen LogP contribution in [-0.4, -0.2) is 21.9 Å². The number of hydrogen-bond acceptors (Lipinski definition) is 6. The zero-order valence-corrected chi connectivity index (χ0v) is 10.6. The molecule has 6 heteroatoms. The fourth-order valence-electron chi connectivity index (χ4n) is 1.35. The number of hydrogen-bond donors (Lipinski definition) is 0. The van der Waals surface area contributed by atoms with E-state index in [4.69, 9.17) is 9.47 Å². The molecule has 0 fully saturated rings. The van der Waals surface area contributed by atoms with E-state index in [0.717, 1.165) is 0 Å². The van der Waals surface area contributed by atoms with E-state index in [1.165, 1.54) is 12.4 Å². The molecule has 0 amide bonds. The van der Waals surface area contributed by atoms with Gasteiger partial charge in [-0.3, -0.25) is 9.59 Å². The van der Waals surface area contributed by atoms with E-state index in [-0.39, 0.29) is 24.6 Å². The van der Waals surface area contributed by atoms with Crippen molar-refractivity contribution in [2.75, 3.05) is 0 Å². The second-order valence-electron chi connectivity index (χ2n) is 3.78. The number of esters is 2. The third-order valence-electron chi connectivity index (χ3n) is 2.25. The molecule has 0 unspecified atom stereocenters. The molecular formula is C14H12N2O4. The zero-order chi connectivity index (χ0) is 14.2. The van der Waals surface area contributed by atoms with Crippen LogP contribution in [0.5, 0.6) is 11.8 Å². The number of nitrogens with zero attached hydrogens (tertiary/aromatic N) is 2. The van der Waals surface area contributed by atoms with E-state index in [1.807, 2.05) is 0 Å². The summed E-state index contributed by atoms with van der Waals surface area (Å²) in [6, 6.07) is 9.94. The summed E-state index contributed by atoms with van der Waals surface area (Å²) in [6.07, 6.45) is 2.86. The highest BCUT2D eigenvalue weighted by Crippen LogP contribution is 2.08. The minimum Gasteiger partial charge on any atom is -0.407 e. The van der Waals surface area contributed by atoms with Crippen molar-refractivity contribution in [3.63, 3.8) is 0 Å². The molecule has 0 atom stereocenters. The average Bonchev–Trinajstić information content (AvgIpc) is 2.47. The Morgan fingerprint density at radius 3 is 1.60 bits per heavy atom. The summed E-state index contributed by atoms with van der Waals surface area (Å²) in [5, 5.41) is 0. The lowest BCUT2D eigenvalue weighted by molar-refractivity contribution is -0.140. The molecule has 0 aliphatic rings. The molecule has 102 valence electrons. The first-order chi connectivity index (χ1) is 9.74. The zero-order valence-electron chi connectivity index (χ0n) is 10.6. The summed E-state index contributed by atoms with van der Waals surface area (Å²) in [7, 11) is 0. The first-order valence-corrected chi connectivity index (χ1v) is 5.97. The molecule has 0 aromatic carbocycles. The maximum Gasteiger partial charge on any atom is 0.313 e. The molecule has 0 bridgehead atoms. The highest BCUT2D eigenvalue weighted by atomic mass is 16.5. The number of pyridine rings is 2. The van der Waals surface area contributed by atoms with Gasteiger partial charge in [0.15, 0.2) is 0 Å². The molecule has 0 aliphatic carbocycles. The Morgan fingerprint density at radius 1 is 0.800 bits per heavy atom. The molecule has 20 heavy (non-hydrogen) atoms. The molecule has 2 aromatic rings. The average molecular weight is 272 g/mol. The quantitative estimate of drug-likeness (QED) is 0.772. The van der Waals surface area contributed by atoms with E-state index >= 15 is 0 Å². The Hall–Kier alpha value is -2.76. The summed E-state index contributed by atoms with van der Waals surface area (Å²) in [5.74, 6) is -0.672. The number of carbonyl (C=O) groups is 2. The minimum absolute atomic E-state index is 0.0811. The summed E-state index contributed by atoms with van der Waals surface area (Å²) in [4.78, 5) is 30.7. The predicted octanol–water partition coefficient (Wildman–Crippen LogP) is 1.77. The standard InChI is InChI=1S/C14H12N2O4/c17-13(19-11-5-1-3-9-15-11)7-8-14(18)20-12-6-2-4-10-16-12/h1-6,9-10H,7-8H2. The summed E-state index contributed by atoms with van der Waals surface area (Å²) < 4.78 is 9.88. The third-order valence-corrected chi connectivity index (χ3v) is 2.25. The maximum absolute atomic E-state index is 11.5. The Kier molecular flexibility index (Phi) is 4.77. The Balaban J connectivity index is 1.75.